The molecule has 2 aliphatic rings. The zero-order valence-electron chi connectivity index (χ0n) is 14.4. The second-order valence-corrected chi connectivity index (χ2v) is 5.95. The largest absolute Gasteiger partial charge is 0.379 e. The Morgan fingerprint density at radius 3 is 2.77 bits per heavy atom. The molecule has 9 nitrogen and oxygen atoms in total. The molecule has 2 atom stereocenters. The molecule has 0 fully saturated rings. The van der Waals surface area contributed by atoms with Crippen molar-refractivity contribution in [2.45, 2.75) is 25.6 Å². The molecule has 26 heavy (non-hydrogen) atoms. The van der Waals surface area contributed by atoms with Crippen LogP contribution >= 0.6 is 0 Å². The lowest BCUT2D eigenvalue weighted by Gasteiger charge is -2.25. The molecule has 0 radical (unpaired) electrons. The summed E-state index contributed by atoms with van der Waals surface area (Å²) < 4.78 is 0. The summed E-state index contributed by atoms with van der Waals surface area (Å²) in [5.74, 6) is -0.330. The van der Waals surface area contributed by atoms with Crippen LogP contribution < -0.4 is 21.7 Å². The zero-order valence-corrected chi connectivity index (χ0v) is 14.4. The molecule has 0 bridgehead atoms. The van der Waals surface area contributed by atoms with Crippen LogP contribution in [0.5, 0.6) is 0 Å². The van der Waals surface area contributed by atoms with Crippen LogP contribution in [0.25, 0.3) is 0 Å². The van der Waals surface area contributed by atoms with Gasteiger partial charge in [-0.25, -0.2) is 4.99 Å². The van der Waals surface area contributed by atoms with Crippen molar-refractivity contribution < 1.29 is 9.59 Å². The number of nitrogens with two attached hydrogens (primary N) is 1. The minimum absolute atomic E-state index is 0.0632. The molecule has 5 N–H and O–H groups in total. The van der Waals surface area contributed by atoms with Crippen molar-refractivity contribution in [3.05, 3.63) is 29.8 Å². The molecule has 1 aromatic carbocycles. The van der Waals surface area contributed by atoms with Gasteiger partial charge in [-0.2, -0.15) is 0 Å². The summed E-state index contributed by atoms with van der Waals surface area (Å²) in [5, 5.41) is 8.48. The normalized spacial score (nSPS) is 21.2. The Kier molecular flexibility index (Phi) is 5.26. The van der Waals surface area contributed by atoms with E-state index in [-0.39, 0.29) is 17.8 Å². The van der Waals surface area contributed by atoms with Gasteiger partial charge in [0.2, 0.25) is 0 Å². The van der Waals surface area contributed by atoms with Crippen molar-refractivity contribution in [1.29, 1.82) is 0 Å². The summed E-state index contributed by atoms with van der Waals surface area (Å²) in [6.07, 6.45) is 1.90. The number of rotatable bonds is 6. The summed E-state index contributed by atoms with van der Waals surface area (Å²) >= 11 is 0. The second kappa shape index (κ2) is 7.77. The fraction of sp³-hybridized carbons (Fsp3) is 0.353. The highest BCUT2D eigenvalue weighted by Gasteiger charge is 2.33. The van der Waals surface area contributed by atoms with Gasteiger partial charge in [0.25, 0.3) is 11.8 Å². The van der Waals surface area contributed by atoms with E-state index < -0.39 is 12.2 Å². The Balaban J connectivity index is 1.58. The van der Waals surface area contributed by atoms with E-state index in [0.717, 1.165) is 12.1 Å². The Hall–Kier alpha value is -3.23. The van der Waals surface area contributed by atoms with E-state index in [4.69, 9.17) is 5.73 Å². The highest BCUT2D eigenvalue weighted by molar-refractivity contribution is 6.33. The number of hydrogen-bond donors (Lipinski definition) is 4. The smallest absolute Gasteiger partial charge is 0.255 e. The third-order valence-electron chi connectivity index (χ3n) is 3.91. The van der Waals surface area contributed by atoms with Gasteiger partial charge in [-0.1, -0.05) is 6.92 Å². The number of amides is 2. The van der Waals surface area contributed by atoms with E-state index in [1.165, 1.54) is 0 Å². The van der Waals surface area contributed by atoms with E-state index in [2.05, 4.69) is 30.9 Å². The molecule has 0 aliphatic carbocycles. The van der Waals surface area contributed by atoms with Gasteiger partial charge in [0.1, 0.15) is 0 Å². The average molecular weight is 355 g/mol. The molecule has 2 aliphatic heterocycles. The van der Waals surface area contributed by atoms with Crippen molar-refractivity contribution in [2.75, 3.05) is 18.4 Å². The first-order chi connectivity index (χ1) is 12.6. The first-order valence-electron chi connectivity index (χ1n) is 8.43. The molecule has 2 amide bonds. The molecular weight excluding hydrogens is 334 g/mol. The number of carbonyl (C=O) groups excluding carboxylic acids is 2. The van der Waals surface area contributed by atoms with Crippen LogP contribution in [0.4, 0.5) is 5.69 Å². The fourth-order valence-corrected chi connectivity index (χ4v) is 2.56. The van der Waals surface area contributed by atoms with Crippen LogP contribution in [0.2, 0.25) is 0 Å². The third kappa shape index (κ3) is 4.05. The maximum Gasteiger partial charge on any atom is 0.255 e. The van der Waals surface area contributed by atoms with Gasteiger partial charge in [-0.05, 0) is 30.7 Å². The maximum absolute atomic E-state index is 11.9. The van der Waals surface area contributed by atoms with Crippen molar-refractivity contribution >= 4 is 35.4 Å². The number of hydrogen-bond acceptors (Lipinski definition) is 7. The van der Waals surface area contributed by atoms with Crippen LogP contribution in [0.1, 0.15) is 23.7 Å². The van der Waals surface area contributed by atoms with Gasteiger partial charge in [0, 0.05) is 24.0 Å². The third-order valence-corrected chi connectivity index (χ3v) is 3.91. The topological polar surface area (TPSA) is 133 Å². The molecule has 0 spiro atoms. The van der Waals surface area contributed by atoms with Crippen LogP contribution in [0.15, 0.2) is 39.2 Å². The van der Waals surface area contributed by atoms with E-state index in [1.54, 1.807) is 18.3 Å². The molecule has 0 saturated heterocycles. The van der Waals surface area contributed by atoms with Gasteiger partial charge in [0.05, 0.1) is 12.3 Å². The van der Waals surface area contributed by atoms with Crippen LogP contribution in [0.3, 0.4) is 0 Å². The second-order valence-electron chi connectivity index (χ2n) is 5.95. The summed E-state index contributed by atoms with van der Waals surface area (Å²) in [6, 6.07) is 6.47. The lowest BCUT2D eigenvalue weighted by molar-refractivity contribution is -0.121. The van der Waals surface area contributed by atoms with Gasteiger partial charge < -0.3 is 16.4 Å². The predicted molar refractivity (Wildman–Crippen MR) is 101 cm³/mol. The van der Waals surface area contributed by atoms with Gasteiger partial charge >= 0.3 is 0 Å². The van der Waals surface area contributed by atoms with Crippen molar-refractivity contribution in [2.24, 2.45) is 20.7 Å². The SMILES string of the molecule is CCCNC(=O)c1ccc(NCC2=NC3C(=O)NC(N)=NC3N=C2)cc1. The molecule has 2 heterocycles. The average Bonchev–Trinajstić information content (AvgIpc) is 2.65. The van der Waals surface area contributed by atoms with Gasteiger partial charge in [-0.15, -0.1) is 0 Å². The van der Waals surface area contributed by atoms with Crippen molar-refractivity contribution in [3.8, 4) is 0 Å². The minimum atomic E-state index is -0.686. The van der Waals surface area contributed by atoms with Gasteiger partial charge in [-0.3, -0.25) is 24.9 Å². The number of aliphatic imine (C=N–C) groups is 3. The monoisotopic (exact) mass is 355 g/mol. The summed E-state index contributed by atoms with van der Waals surface area (Å²) in [5.41, 5.74) is 7.60. The van der Waals surface area contributed by atoms with E-state index in [1.807, 2.05) is 19.1 Å². The highest BCUT2D eigenvalue weighted by atomic mass is 16.2. The molecule has 3 rings (SSSR count). The first-order valence-corrected chi connectivity index (χ1v) is 8.43. The molecule has 0 saturated carbocycles. The number of carbonyl (C=O) groups is 2. The number of fused-ring (bicyclic) bond motifs is 1. The molecule has 2 unspecified atom stereocenters. The molecule has 1 aromatic rings. The minimum Gasteiger partial charge on any atom is -0.379 e. The molecule has 0 aromatic heterocycles. The van der Waals surface area contributed by atoms with Crippen LogP contribution in [-0.4, -0.2) is 55.0 Å². The number of benzene rings is 1. The molecule has 136 valence electrons. The predicted octanol–water partition coefficient (Wildman–Crippen LogP) is -0.0971. The first kappa shape index (κ1) is 17.6. The number of nitrogens with one attached hydrogen (secondary N) is 3. The fourth-order valence-electron chi connectivity index (χ4n) is 2.56. The highest BCUT2D eigenvalue weighted by Crippen LogP contribution is 2.14. The Labute approximate surface area is 150 Å². The number of anilines is 1. The van der Waals surface area contributed by atoms with Gasteiger partial charge in [0.15, 0.2) is 18.2 Å². The lowest BCUT2D eigenvalue weighted by Crippen LogP contribution is -2.52. The van der Waals surface area contributed by atoms with E-state index in [9.17, 15) is 9.59 Å². The standard InChI is InChI=1S/C17H21N7O2/c1-2-7-19-15(25)10-3-5-11(6-4-10)20-8-12-9-21-14-13(22-12)16(26)24-17(18)23-14/h3-6,9,13-14,20H,2,7-8H2,1H3,(H,19,25)(H3,18,23,24,26). The van der Waals surface area contributed by atoms with Crippen LogP contribution in [0, 0.1) is 0 Å². The van der Waals surface area contributed by atoms with Crippen molar-refractivity contribution in [3.63, 3.8) is 0 Å². The summed E-state index contributed by atoms with van der Waals surface area (Å²) in [4.78, 5) is 36.5. The molecule has 9 heteroatoms. The maximum atomic E-state index is 11.9. The van der Waals surface area contributed by atoms with Crippen LogP contribution in [-0.2, 0) is 4.79 Å². The lowest BCUT2D eigenvalue weighted by atomic mass is 10.1. The van der Waals surface area contributed by atoms with E-state index in [0.29, 0.717) is 24.4 Å². The van der Waals surface area contributed by atoms with Crippen molar-refractivity contribution in [1.82, 2.24) is 10.6 Å². The number of nitrogens with zero attached hydrogens (tertiary/aromatic N) is 3. The summed E-state index contributed by atoms with van der Waals surface area (Å²) in [6.45, 7) is 3.06. The Morgan fingerprint density at radius 2 is 2.04 bits per heavy atom. The van der Waals surface area contributed by atoms with E-state index >= 15 is 0 Å². The Bertz CT molecular complexity index is 783. The molecular formula is C17H21N7O2. The Morgan fingerprint density at radius 1 is 1.27 bits per heavy atom. The quantitative estimate of drug-likeness (QED) is 0.567. The zero-order chi connectivity index (χ0) is 18.5. The number of guanidine groups is 1. The summed E-state index contributed by atoms with van der Waals surface area (Å²) in [7, 11) is 0.